The number of benzene rings is 2. The standard InChI is InChI=1S/C15H12Cl/c16-15-8-6-12(7-9-15)14-5-4-11-2-1-3-13(11)10-14/h2,4-10H,1,3H2. The zero-order valence-electron chi connectivity index (χ0n) is 8.91. The maximum absolute atomic E-state index is 5.89. The molecule has 3 rings (SSSR count). The van der Waals surface area contributed by atoms with Crippen LogP contribution >= 0.6 is 11.6 Å². The molecule has 0 bridgehead atoms. The van der Waals surface area contributed by atoms with E-state index in [0.29, 0.717) is 0 Å². The number of hydrogen-bond donors (Lipinski definition) is 0. The lowest BCUT2D eigenvalue weighted by molar-refractivity contribution is 1.03. The van der Waals surface area contributed by atoms with Gasteiger partial charge in [-0.3, -0.25) is 0 Å². The van der Waals surface area contributed by atoms with Gasteiger partial charge in [0, 0.05) is 5.02 Å². The molecule has 16 heavy (non-hydrogen) atoms. The van der Waals surface area contributed by atoms with E-state index >= 15 is 0 Å². The minimum Gasteiger partial charge on any atom is -0.0843 e. The SMILES string of the molecule is Clc1ccc(-c2ccc3c(c2)CC[CH]3)cc1. The summed E-state index contributed by atoms with van der Waals surface area (Å²) in [6.07, 6.45) is 4.66. The van der Waals surface area contributed by atoms with Gasteiger partial charge in [0.15, 0.2) is 0 Å². The summed E-state index contributed by atoms with van der Waals surface area (Å²) in [4.78, 5) is 0. The van der Waals surface area contributed by atoms with E-state index in [0.717, 1.165) is 5.02 Å². The zero-order valence-corrected chi connectivity index (χ0v) is 9.67. The van der Waals surface area contributed by atoms with E-state index in [1.165, 1.54) is 35.1 Å². The van der Waals surface area contributed by atoms with Crippen LogP contribution in [0.3, 0.4) is 0 Å². The molecule has 79 valence electrons. The third-order valence-electron chi connectivity index (χ3n) is 3.10. The zero-order chi connectivity index (χ0) is 11.0. The van der Waals surface area contributed by atoms with Crippen LogP contribution in [0.1, 0.15) is 17.5 Å². The summed E-state index contributed by atoms with van der Waals surface area (Å²) in [5.74, 6) is 0. The molecular formula is C15H12Cl. The van der Waals surface area contributed by atoms with Crippen molar-refractivity contribution in [1.82, 2.24) is 0 Å². The fourth-order valence-corrected chi connectivity index (χ4v) is 2.35. The predicted molar refractivity (Wildman–Crippen MR) is 68.6 cm³/mol. The third kappa shape index (κ3) is 1.74. The van der Waals surface area contributed by atoms with E-state index in [1.54, 1.807) is 0 Å². The summed E-state index contributed by atoms with van der Waals surface area (Å²) >= 11 is 5.89. The lowest BCUT2D eigenvalue weighted by Crippen LogP contribution is -1.83. The molecule has 0 aliphatic heterocycles. The van der Waals surface area contributed by atoms with Crippen molar-refractivity contribution in [2.24, 2.45) is 0 Å². The molecule has 0 aromatic heterocycles. The molecule has 1 radical (unpaired) electrons. The molecule has 1 aliphatic rings. The monoisotopic (exact) mass is 227 g/mol. The summed E-state index contributed by atoms with van der Waals surface area (Å²) < 4.78 is 0. The van der Waals surface area contributed by atoms with Crippen LogP contribution < -0.4 is 0 Å². The van der Waals surface area contributed by atoms with Crippen LogP contribution in [0.15, 0.2) is 42.5 Å². The lowest BCUT2D eigenvalue weighted by Gasteiger charge is -2.05. The average Bonchev–Trinajstić information content (AvgIpc) is 2.77. The summed E-state index contributed by atoms with van der Waals surface area (Å²) in [6.45, 7) is 0. The van der Waals surface area contributed by atoms with Crippen molar-refractivity contribution in [3.63, 3.8) is 0 Å². The molecule has 0 unspecified atom stereocenters. The fraction of sp³-hybridized carbons (Fsp3) is 0.133. The molecule has 0 heterocycles. The molecule has 0 saturated carbocycles. The molecule has 0 amide bonds. The molecule has 0 atom stereocenters. The van der Waals surface area contributed by atoms with E-state index in [1.807, 2.05) is 12.1 Å². The number of fused-ring (bicyclic) bond motifs is 1. The highest BCUT2D eigenvalue weighted by Gasteiger charge is 2.11. The molecule has 0 saturated heterocycles. The summed E-state index contributed by atoms with van der Waals surface area (Å²) in [5.41, 5.74) is 5.38. The average molecular weight is 228 g/mol. The Kier molecular flexibility index (Phi) is 2.45. The first kappa shape index (κ1) is 9.92. The maximum atomic E-state index is 5.89. The van der Waals surface area contributed by atoms with E-state index in [-0.39, 0.29) is 0 Å². The van der Waals surface area contributed by atoms with Crippen LogP contribution in [0.4, 0.5) is 0 Å². The first-order valence-electron chi connectivity index (χ1n) is 5.55. The van der Waals surface area contributed by atoms with Crippen LogP contribution in [0, 0.1) is 6.42 Å². The topological polar surface area (TPSA) is 0 Å². The van der Waals surface area contributed by atoms with Crippen molar-refractivity contribution in [2.75, 3.05) is 0 Å². The first-order chi connectivity index (χ1) is 7.83. The Hall–Kier alpha value is -1.27. The highest BCUT2D eigenvalue weighted by Crippen LogP contribution is 2.29. The van der Waals surface area contributed by atoms with Crippen molar-refractivity contribution in [2.45, 2.75) is 12.8 Å². The Morgan fingerprint density at radius 2 is 1.62 bits per heavy atom. The largest absolute Gasteiger partial charge is 0.0843 e. The van der Waals surface area contributed by atoms with Gasteiger partial charge in [-0.25, -0.2) is 0 Å². The van der Waals surface area contributed by atoms with Crippen LogP contribution in [-0.2, 0) is 6.42 Å². The molecule has 0 nitrogen and oxygen atoms in total. The maximum Gasteiger partial charge on any atom is 0.0406 e. The smallest absolute Gasteiger partial charge is 0.0406 e. The summed E-state index contributed by atoms with van der Waals surface area (Å²) in [6, 6.07) is 14.7. The number of hydrogen-bond acceptors (Lipinski definition) is 0. The van der Waals surface area contributed by atoms with Gasteiger partial charge < -0.3 is 0 Å². The van der Waals surface area contributed by atoms with Crippen molar-refractivity contribution in [3.05, 3.63) is 65.0 Å². The van der Waals surface area contributed by atoms with Crippen molar-refractivity contribution in [3.8, 4) is 11.1 Å². The molecule has 0 fully saturated rings. The van der Waals surface area contributed by atoms with Gasteiger partial charge in [0.1, 0.15) is 0 Å². The molecule has 2 aromatic rings. The summed E-state index contributed by atoms with van der Waals surface area (Å²) in [7, 11) is 0. The van der Waals surface area contributed by atoms with Gasteiger partial charge in [-0.1, -0.05) is 41.9 Å². The van der Waals surface area contributed by atoms with E-state index < -0.39 is 0 Å². The van der Waals surface area contributed by atoms with E-state index in [2.05, 4.69) is 36.8 Å². The first-order valence-corrected chi connectivity index (χ1v) is 5.93. The minimum atomic E-state index is 0.790. The Balaban J connectivity index is 2.03. The van der Waals surface area contributed by atoms with Crippen LogP contribution in [-0.4, -0.2) is 0 Å². The van der Waals surface area contributed by atoms with Gasteiger partial charge in [0.25, 0.3) is 0 Å². The second kappa shape index (κ2) is 3.95. The van der Waals surface area contributed by atoms with Crippen molar-refractivity contribution in [1.29, 1.82) is 0 Å². The van der Waals surface area contributed by atoms with Crippen molar-refractivity contribution >= 4 is 11.6 Å². The van der Waals surface area contributed by atoms with Crippen LogP contribution in [0.2, 0.25) is 5.02 Å². The second-order valence-corrected chi connectivity index (χ2v) is 4.60. The Bertz CT molecular complexity index is 511. The molecular weight excluding hydrogens is 216 g/mol. The van der Waals surface area contributed by atoms with Gasteiger partial charge in [-0.15, -0.1) is 0 Å². The summed E-state index contributed by atoms with van der Waals surface area (Å²) in [5, 5.41) is 0.790. The third-order valence-corrected chi connectivity index (χ3v) is 3.35. The Morgan fingerprint density at radius 1 is 0.875 bits per heavy atom. The lowest BCUT2D eigenvalue weighted by atomic mass is 10.0. The van der Waals surface area contributed by atoms with E-state index in [9.17, 15) is 0 Å². The van der Waals surface area contributed by atoms with Crippen molar-refractivity contribution < 1.29 is 0 Å². The highest BCUT2D eigenvalue weighted by molar-refractivity contribution is 6.30. The van der Waals surface area contributed by atoms with Gasteiger partial charge in [-0.2, -0.15) is 0 Å². The van der Waals surface area contributed by atoms with Gasteiger partial charge in [0.2, 0.25) is 0 Å². The predicted octanol–water partition coefficient (Wildman–Crippen LogP) is 4.51. The molecule has 1 heteroatoms. The number of aryl methyl sites for hydroxylation is 1. The Labute approximate surface area is 101 Å². The minimum absolute atomic E-state index is 0.790. The van der Waals surface area contributed by atoms with Gasteiger partial charge in [0.05, 0.1) is 0 Å². The number of halogens is 1. The normalized spacial score (nSPS) is 13.8. The molecule has 1 aliphatic carbocycles. The molecule has 2 aromatic carbocycles. The fourth-order valence-electron chi connectivity index (χ4n) is 2.23. The molecule has 0 N–H and O–H groups in total. The molecule has 0 spiro atoms. The van der Waals surface area contributed by atoms with E-state index in [4.69, 9.17) is 11.6 Å². The van der Waals surface area contributed by atoms with Gasteiger partial charge >= 0.3 is 0 Å². The van der Waals surface area contributed by atoms with Crippen LogP contribution in [0.5, 0.6) is 0 Å². The number of rotatable bonds is 1. The van der Waals surface area contributed by atoms with Crippen LogP contribution in [0.25, 0.3) is 11.1 Å². The quantitative estimate of drug-likeness (QED) is 0.673. The highest BCUT2D eigenvalue weighted by atomic mass is 35.5. The van der Waals surface area contributed by atoms with Gasteiger partial charge in [-0.05, 0) is 53.6 Å². The Morgan fingerprint density at radius 3 is 2.44 bits per heavy atom. The second-order valence-electron chi connectivity index (χ2n) is 4.16.